The Morgan fingerprint density at radius 1 is 1.19 bits per heavy atom. The lowest BCUT2D eigenvalue weighted by Crippen LogP contribution is -2.58. The molecule has 112 valence electrons. The first-order valence-corrected chi connectivity index (χ1v) is 7.51. The van der Waals surface area contributed by atoms with Gasteiger partial charge in [-0.3, -0.25) is 4.79 Å². The van der Waals surface area contributed by atoms with E-state index in [-0.39, 0.29) is 11.9 Å². The van der Waals surface area contributed by atoms with Gasteiger partial charge in [-0.25, -0.2) is 4.79 Å². The van der Waals surface area contributed by atoms with E-state index in [0.717, 1.165) is 30.5 Å². The fourth-order valence-corrected chi connectivity index (χ4v) is 3.33. The van der Waals surface area contributed by atoms with E-state index in [1.165, 1.54) is 0 Å². The Kier molecular flexibility index (Phi) is 3.57. The van der Waals surface area contributed by atoms with Crippen molar-refractivity contribution in [1.29, 1.82) is 0 Å². The molecule has 1 fully saturated rings. The van der Waals surface area contributed by atoms with Crippen molar-refractivity contribution in [2.75, 3.05) is 5.32 Å². The molecule has 0 unspecified atom stereocenters. The molecule has 1 aromatic rings. The van der Waals surface area contributed by atoms with E-state index in [1.807, 2.05) is 24.3 Å². The van der Waals surface area contributed by atoms with E-state index in [9.17, 15) is 14.7 Å². The molecule has 1 aliphatic heterocycles. The predicted molar refractivity (Wildman–Crippen MR) is 79.2 cm³/mol. The number of anilines is 1. The Bertz CT molecular complexity index is 539. The number of rotatable bonds is 3. The fourth-order valence-electron chi connectivity index (χ4n) is 3.33. The highest BCUT2D eigenvalue weighted by Crippen LogP contribution is 2.30. The van der Waals surface area contributed by atoms with Crippen LogP contribution >= 0.6 is 0 Å². The molecule has 3 rings (SSSR count). The number of para-hydroxylation sites is 1. The number of carboxylic acids is 1. The van der Waals surface area contributed by atoms with Gasteiger partial charge in [0.15, 0.2) is 0 Å². The Labute approximate surface area is 123 Å². The van der Waals surface area contributed by atoms with Crippen LogP contribution in [0.2, 0.25) is 0 Å². The highest BCUT2D eigenvalue weighted by Gasteiger charge is 2.42. The molecule has 0 radical (unpaired) electrons. The molecule has 0 spiro atoms. The van der Waals surface area contributed by atoms with Crippen LogP contribution in [-0.4, -0.2) is 28.6 Å². The summed E-state index contributed by atoms with van der Waals surface area (Å²) in [4.78, 5) is 24.1. The molecule has 1 atom stereocenters. The number of carboxylic acid groups (broad SMARTS) is 1. The van der Waals surface area contributed by atoms with Gasteiger partial charge in [0.2, 0.25) is 5.91 Å². The fraction of sp³-hybridized carbons (Fsp3) is 0.500. The average molecular weight is 288 g/mol. The number of hydrogen-bond acceptors (Lipinski definition) is 3. The molecule has 5 nitrogen and oxygen atoms in total. The van der Waals surface area contributed by atoms with Crippen molar-refractivity contribution in [3.8, 4) is 0 Å². The highest BCUT2D eigenvalue weighted by atomic mass is 16.4. The number of carbonyl (C=O) groups is 2. The maximum absolute atomic E-state index is 12.5. The topological polar surface area (TPSA) is 78.4 Å². The predicted octanol–water partition coefficient (Wildman–Crippen LogP) is 1.93. The Hall–Kier alpha value is -2.04. The second kappa shape index (κ2) is 5.39. The molecule has 3 N–H and O–H groups in total. The Morgan fingerprint density at radius 2 is 1.90 bits per heavy atom. The van der Waals surface area contributed by atoms with E-state index in [2.05, 4.69) is 10.6 Å². The van der Waals surface area contributed by atoms with Crippen molar-refractivity contribution in [2.45, 2.75) is 50.1 Å². The van der Waals surface area contributed by atoms with Gasteiger partial charge in [-0.1, -0.05) is 37.5 Å². The van der Waals surface area contributed by atoms with Gasteiger partial charge in [0.05, 0.1) is 0 Å². The Morgan fingerprint density at radius 3 is 2.57 bits per heavy atom. The van der Waals surface area contributed by atoms with Crippen molar-refractivity contribution in [3.63, 3.8) is 0 Å². The molecule has 1 aliphatic carbocycles. The first-order chi connectivity index (χ1) is 10.1. The summed E-state index contributed by atoms with van der Waals surface area (Å²) in [6, 6.07) is 7.42. The van der Waals surface area contributed by atoms with E-state index in [1.54, 1.807) is 0 Å². The Balaban J connectivity index is 1.70. The summed E-state index contributed by atoms with van der Waals surface area (Å²) in [6.07, 6.45) is 4.40. The number of nitrogens with one attached hydrogen (secondary N) is 2. The van der Waals surface area contributed by atoms with E-state index < -0.39 is 11.5 Å². The second-order valence-electron chi connectivity index (χ2n) is 6.00. The van der Waals surface area contributed by atoms with Crippen LogP contribution in [0, 0.1) is 0 Å². The summed E-state index contributed by atoms with van der Waals surface area (Å²) in [5.74, 6) is -1.12. The molecule has 21 heavy (non-hydrogen) atoms. The van der Waals surface area contributed by atoms with E-state index in [4.69, 9.17) is 0 Å². The van der Waals surface area contributed by atoms with Crippen LogP contribution in [0.25, 0.3) is 0 Å². The molecule has 0 saturated heterocycles. The summed E-state index contributed by atoms with van der Waals surface area (Å²) < 4.78 is 0. The zero-order valence-corrected chi connectivity index (χ0v) is 11.9. The summed E-state index contributed by atoms with van der Waals surface area (Å²) in [5.41, 5.74) is 0.988. The molecule has 2 aliphatic rings. The number of aliphatic carboxylic acids is 1. The van der Waals surface area contributed by atoms with Crippen LogP contribution in [0.4, 0.5) is 5.69 Å². The van der Waals surface area contributed by atoms with Crippen molar-refractivity contribution >= 4 is 17.6 Å². The number of amides is 1. The van der Waals surface area contributed by atoms with Crippen molar-refractivity contribution < 1.29 is 14.7 Å². The van der Waals surface area contributed by atoms with Crippen LogP contribution < -0.4 is 10.6 Å². The molecular formula is C16H20N2O3. The molecule has 1 aromatic carbocycles. The second-order valence-corrected chi connectivity index (χ2v) is 6.00. The standard InChI is InChI=1S/C16H20N2O3/c19-14(13-10-11-6-2-3-7-12(11)17-13)18-16(15(20)21)8-4-1-5-9-16/h2-3,6-7,13,17H,1,4-5,8-10H2,(H,18,19)(H,20,21)/t13-/m0/s1. The minimum Gasteiger partial charge on any atom is -0.480 e. The lowest BCUT2D eigenvalue weighted by atomic mass is 9.81. The monoisotopic (exact) mass is 288 g/mol. The smallest absolute Gasteiger partial charge is 0.329 e. The van der Waals surface area contributed by atoms with Gasteiger partial charge in [0.25, 0.3) is 0 Å². The maximum Gasteiger partial charge on any atom is 0.329 e. The van der Waals surface area contributed by atoms with Gasteiger partial charge >= 0.3 is 5.97 Å². The first kappa shape index (κ1) is 13.9. The first-order valence-electron chi connectivity index (χ1n) is 7.51. The van der Waals surface area contributed by atoms with Crippen LogP contribution in [0.3, 0.4) is 0 Å². The molecule has 1 amide bonds. The summed E-state index contributed by atoms with van der Waals surface area (Å²) in [5, 5.41) is 15.5. The normalized spacial score (nSPS) is 23.0. The third kappa shape index (κ3) is 2.60. The molecule has 1 heterocycles. The molecule has 0 aromatic heterocycles. The SMILES string of the molecule is O=C(NC1(C(=O)O)CCCCC1)[C@@H]1Cc2ccccc2N1. The van der Waals surface area contributed by atoms with Crippen LogP contribution in [0.1, 0.15) is 37.7 Å². The molecule has 5 heteroatoms. The van der Waals surface area contributed by atoms with Crippen molar-refractivity contribution in [1.82, 2.24) is 5.32 Å². The largest absolute Gasteiger partial charge is 0.480 e. The molecule has 0 bridgehead atoms. The zero-order valence-electron chi connectivity index (χ0n) is 11.9. The maximum atomic E-state index is 12.5. The van der Waals surface area contributed by atoms with Gasteiger partial charge in [-0.2, -0.15) is 0 Å². The van der Waals surface area contributed by atoms with Crippen LogP contribution in [0.5, 0.6) is 0 Å². The molecular weight excluding hydrogens is 268 g/mol. The van der Waals surface area contributed by atoms with Gasteiger partial charge in [-0.15, -0.1) is 0 Å². The van der Waals surface area contributed by atoms with Gasteiger partial charge in [0, 0.05) is 12.1 Å². The summed E-state index contributed by atoms with van der Waals surface area (Å²) in [6.45, 7) is 0. The van der Waals surface area contributed by atoms with Gasteiger partial charge in [0.1, 0.15) is 11.6 Å². The zero-order chi connectivity index (χ0) is 14.9. The van der Waals surface area contributed by atoms with Crippen molar-refractivity contribution in [2.24, 2.45) is 0 Å². The minimum absolute atomic E-state index is 0.213. The quantitative estimate of drug-likeness (QED) is 0.794. The number of carbonyl (C=O) groups excluding carboxylic acids is 1. The van der Waals surface area contributed by atoms with Crippen LogP contribution in [-0.2, 0) is 16.0 Å². The lowest BCUT2D eigenvalue weighted by Gasteiger charge is -2.34. The third-order valence-corrected chi connectivity index (χ3v) is 4.57. The number of benzene rings is 1. The average Bonchev–Trinajstić information content (AvgIpc) is 2.92. The summed E-state index contributed by atoms with van der Waals surface area (Å²) >= 11 is 0. The lowest BCUT2D eigenvalue weighted by molar-refractivity contribution is -0.149. The number of hydrogen-bond donors (Lipinski definition) is 3. The molecule has 1 saturated carbocycles. The summed E-state index contributed by atoms with van der Waals surface area (Å²) in [7, 11) is 0. The minimum atomic E-state index is -1.08. The van der Waals surface area contributed by atoms with Gasteiger partial charge < -0.3 is 15.7 Å². The third-order valence-electron chi connectivity index (χ3n) is 4.57. The number of fused-ring (bicyclic) bond motifs is 1. The van der Waals surface area contributed by atoms with Crippen LogP contribution in [0.15, 0.2) is 24.3 Å². The highest BCUT2D eigenvalue weighted by molar-refractivity contribution is 5.92. The van der Waals surface area contributed by atoms with Crippen molar-refractivity contribution in [3.05, 3.63) is 29.8 Å². The van der Waals surface area contributed by atoms with Gasteiger partial charge in [-0.05, 0) is 24.5 Å². The van der Waals surface area contributed by atoms with E-state index >= 15 is 0 Å². The van der Waals surface area contributed by atoms with E-state index in [0.29, 0.717) is 19.3 Å².